The maximum atomic E-state index is 13.8. The van der Waals surface area contributed by atoms with Crippen molar-refractivity contribution in [3.05, 3.63) is 130 Å². The SMILES string of the molecule is CCOc1ccc(C=c2sc3n(c2=O)C(c2ccc(F)cc2)C2=C(N=3)c3ccccc3CC2)cc1[N+](=O)[O-]. The summed E-state index contributed by atoms with van der Waals surface area (Å²) in [6, 6.07) is 18.6. The first-order valence-electron chi connectivity index (χ1n) is 12.2. The summed E-state index contributed by atoms with van der Waals surface area (Å²) in [7, 11) is 0. The summed E-state index contributed by atoms with van der Waals surface area (Å²) < 4.78 is 21.3. The summed E-state index contributed by atoms with van der Waals surface area (Å²) in [6.45, 7) is 2.06. The molecule has 1 aliphatic carbocycles. The molecule has 1 atom stereocenters. The summed E-state index contributed by atoms with van der Waals surface area (Å²) >= 11 is 1.24. The smallest absolute Gasteiger partial charge is 0.311 e. The van der Waals surface area contributed by atoms with Crippen LogP contribution >= 0.6 is 11.3 Å². The number of hydrogen-bond acceptors (Lipinski definition) is 6. The van der Waals surface area contributed by atoms with Gasteiger partial charge in [-0.15, -0.1) is 0 Å². The van der Waals surface area contributed by atoms with Crippen LogP contribution in [0.2, 0.25) is 0 Å². The molecular formula is C29H22FN3O4S. The molecular weight excluding hydrogens is 505 g/mol. The third kappa shape index (κ3) is 4.05. The average Bonchev–Trinajstić information content (AvgIpc) is 3.23. The molecule has 0 saturated carbocycles. The van der Waals surface area contributed by atoms with Crippen LogP contribution in [0.15, 0.2) is 82.1 Å². The number of benzene rings is 3. The third-order valence-corrected chi connectivity index (χ3v) is 7.82. The van der Waals surface area contributed by atoms with Crippen LogP contribution in [0.1, 0.15) is 41.6 Å². The van der Waals surface area contributed by atoms with E-state index in [1.807, 2.05) is 18.2 Å². The first-order chi connectivity index (χ1) is 18.4. The minimum absolute atomic E-state index is 0.162. The fourth-order valence-electron chi connectivity index (χ4n) is 5.16. The van der Waals surface area contributed by atoms with Gasteiger partial charge >= 0.3 is 5.69 Å². The Bertz CT molecular complexity index is 1800. The van der Waals surface area contributed by atoms with E-state index in [9.17, 15) is 19.3 Å². The van der Waals surface area contributed by atoms with Gasteiger partial charge in [0.1, 0.15) is 5.82 Å². The van der Waals surface area contributed by atoms with Crippen molar-refractivity contribution in [1.29, 1.82) is 0 Å². The Morgan fingerprint density at radius 2 is 1.95 bits per heavy atom. The molecule has 38 heavy (non-hydrogen) atoms. The van der Waals surface area contributed by atoms with Gasteiger partial charge in [0.2, 0.25) is 0 Å². The monoisotopic (exact) mass is 527 g/mol. The summed E-state index contributed by atoms with van der Waals surface area (Å²) in [5.74, 6) is -0.166. The highest BCUT2D eigenvalue weighted by Crippen LogP contribution is 2.41. The zero-order valence-corrected chi connectivity index (χ0v) is 21.2. The second-order valence-corrected chi connectivity index (χ2v) is 10.1. The van der Waals surface area contributed by atoms with Gasteiger partial charge in [0, 0.05) is 11.6 Å². The zero-order chi connectivity index (χ0) is 26.4. The van der Waals surface area contributed by atoms with E-state index in [1.54, 1.807) is 41.8 Å². The van der Waals surface area contributed by atoms with Gasteiger partial charge in [0.05, 0.1) is 27.8 Å². The van der Waals surface area contributed by atoms with Crippen LogP contribution in [0.5, 0.6) is 5.75 Å². The van der Waals surface area contributed by atoms with E-state index in [4.69, 9.17) is 9.73 Å². The lowest BCUT2D eigenvalue weighted by Crippen LogP contribution is -2.38. The molecule has 0 amide bonds. The summed E-state index contributed by atoms with van der Waals surface area (Å²) in [5.41, 5.74) is 5.02. The Morgan fingerprint density at radius 3 is 2.71 bits per heavy atom. The number of nitrogens with zero attached hydrogens (tertiary/aromatic N) is 3. The lowest BCUT2D eigenvalue weighted by molar-refractivity contribution is -0.385. The van der Waals surface area contributed by atoms with Crippen molar-refractivity contribution < 1.29 is 14.1 Å². The van der Waals surface area contributed by atoms with Crippen molar-refractivity contribution in [2.75, 3.05) is 6.61 Å². The number of ether oxygens (including phenoxy) is 1. The molecule has 0 spiro atoms. The predicted octanol–water partition coefficient (Wildman–Crippen LogP) is 4.76. The van der Waals surface area contributed by atoms with Crippen molar-refractivity contribution in [1.82, 2.24) is 4.57 Å². The number of hydrogen-bond donors (Lipinski definition) is 0. The Hall–Kier alpha value is -4.37. The molecule has 9 heteroatoms. The molecule has 0 saturated heterocycles. The lowest BCUT2D eigenvalue weighted by atomic mass is 9.83. The maximum Gasteiger partial charge on any atom is 0.311 e. The summed E-state index contributed by atoms with van der Waals surface area (Å²) in [6.07, 6.45) is 3.19. The zero-order valence-electron chi connectivity index (χ0n) is 20.4. The second-order valence-electron chi connectivity index (χ2n) is 9.08. The van der Waals surface area contributed by atoms with Crippen LogP contribution in [0.4, 0.5) is 10.1 Å². The molecule has 0 fully saturated rings. The fourth-order valence-corrected chi connectivity index (χ4v) is 6.16. The maximum absolute atomic E-state index is 13.8. The molecule has 2 heterocycles. The molecule has 7 nitrogen and oxygen atoms in total. The van der Waals surface area contributed by atoms with Gasteiger partial charge in [-0.25, -0.2) is 9.38 Å². The van der Waals surface area contributed by atoms with Crippen LogP contribution in [0, 0.1) is 15.9 Å². The third-order valence-electron chi connectivity index (χ3n) is 6.84. The van der Waals surface area contributed by atoms with E-state index < -0.39 is 11.0 Å². The number of rotatable bonds is 5. The van der Waals surface area contributed by atoms with Crippen LogP contribution < -0.4 is 19.6 Å². The van der Waals surface area contributed by atoms with E-state index in [0.717, 1.165) is 35.2 Å². The Kier molecular flexibility index (Phi) is 6.00. The number of fused-ring (bicyclic) bond motifs is 3. The summed E-state index contributed by atoms with van der Waals surface area (Å²) in [4.78, 5) is 30.4. The molecule has 0 radical (unpaired) electrons. The minimum Gasteiger partial charge on any atom is -0.487 e. The predicted molar refractivity (Wildman–Crippen MR) is 143 cm³/mol. The van der Waals surface area contributed by atoms with E-state index in [1.165, 1.54) is 35.1 Å². The van der Waals surface area contributed by atoms with Gasteiger partial charge in [-0.1, -0.05) is 53.8 Å². The van der Waals surface area contributed by atoms with Gasteiger partial charge in [-0.2, -0.15) is 0 Å². The van der Waals surface area contributed by atoms with Gasteiger partial charge in [0.25, 0.3) is 5.56 Å². The first kappa shape index (κ1) is 24.0. The van der Waals surface area contributed by atoms with Crippen LogP contribution in [-0.2, 0) is 6.42 Å². The molecule has 3 aromatic carbocycles. The number of halogens is 1. The van der Waals surface area contributed by atoms with E-state index in [2.05, 4.69) is 6.07 Å². The molecule has 2 aliphatic rings. The molecule has 6 rings (SSSR count). The highest BCUT2D eigenvalue weighted by Gasteiger charge is 2.32. The topological polar surface area (TPSA) is 86.7 Å². The Morgan fingerprint density at radius 1 is 1.16 bits per heavy atom. The van der Waals surface area contributed by atoms with Gasteiger partial charge in [0.15, 0.2) is 10.6 Å². The molecule has 4 aromatic rings. The van der Waals surface area contributed by atoms with Gasteiger partial charge < -0.3 is 4.74 Å². The van der Waals surface area contributed by atoms with Crippen molar-refractivity contribution in [2.24, 2.45) is 4.99 Å². The largest absolute Gasteiger partial charge is 0.487 e. The average molecular weight is 528 g/mol. The van der Waals surface area contributed by atoms with E-state index in [0.29, 0.717) is 21.5 Å². The lowest BCUT2D eigenvalue weighted by Gasteiger charge is -2.30. The van der Waals surface area contributed by atoms with E-state index in [-0.39, 0.29) is 22.8 Å². The van der Waals surface area contributed by atoms with Crippen molar-refractivity contribution >= 4 is 28.8 Å². The van der Waals surface area contributed by atoms with Gasteiger partial charge in [-0.3, -0.25) is 19.5 Å². The van der Waals surface area contributed by atoms with Crippen LogP contribution in [-0.4, -0.2) is 16.1 Å². The standard InChI is InChI=1S/C29H22FN3O4S/c1-2-37-24-14-7-17(15-23(24)33(35)36)16-25-28(34)32-27(19-8-11-20(30)12-9-19)22-13-10-18-5-3-4-6-21(18)26(22)31-29(32)38-25/h3-9,11-12,14-16,27H,2,10,13H2,1H3. The number of nitro groups is 1. The Balaban J connectivity index is 1.56. The fraction of sp³-hybridized carbons (Fsp3) is 0.172. The Labute approximate surface area is 220 Å². The summed E-state index contributed by atoms with van der Waals surface area (Å²) in [5, 5.41) is 11.6. The quantitative estimate of drug-likeness (QED) is 0.277. The van der Waals surface area contributed by atoms with Crippen LogP contribution in [0.3, 0.4) is 0 Å². The number of aryl methyl sites for hydroxylation is 1. The minimum atomic E-state index is -0.496. The van der Waals surface area contributed by atoms with E-state index >= 15 is 0 Å². The molecule has 1 aliphatic heterocycles. The number of nitro benzene ring substituents is 1. The molecule has 1 unspecified atom stereocenters. The second kappa shape index (κ2) is 9.50. The highest BCUT2D eigenvalue weighted by atomic mass is 32.1. The first-order valence-corrected chi connectivity index (χ1v) is 13.1. The molecule has 190 valence electrons. The molecule has 0 N–H and O–H groups in total. The van der Waals surface area contributed by atoms with Crippen molar-refractivity contribution in [3.63, 3.8) is 0 Å². The molecule has 0 bridgehead atoms. The highest BCUT2D eigenvalue weighted by molar-refractivity contribution is 7.07. The normalized spacial score (nSPS) is 16.4. The molecule has 1 aromatic heterocycles. The van der Waals surface area contributed by atoms with Gasteiger partial charge in [-0.05, 0) is 66.3 Å². The van der Waals surface area contributed by atoms with Crippen molar-refractivity contribution in [2.45, 2.75) is 25.8 Å². The number of thiazole rings is 1. The number of allylic oxidation sites excluding steroid dienone is 1. The van der Waals surface area contributed by atoms with Crippen molar-refractivity contribution in [3.8, 4) is 5.75 Å². The van der Waals surface area contributed by atoms with Crippen LogP contribution in [0.25, 0.3) is 11.8 Å². The number of aromatic nitrogens is 1.